The predicted molar refractivity (Wildman–Crippen MR) is 93.9 cm³/mol. The number of benzene rings is 2. The van der Waals surface area contributed by atoms with Crippen molar-refractivity contribution in [1.29, 1.82) is 0 Å². The molecule has 0 atom stereocenters. The number of phenolic OH excluding ortho intramolecular Hbond substituents is 1. The number of methoxy groups -OCH3 is 1. The Kier molecular flexibility index (Phi) is 6.11. The minimum absolute atomic E-state index is 0.0162. The van der Waals surface area contributed by atoms with Gasteiger partial charge in [-0.15, -0.1) is 0 Å². The van der Waals surface area contributed by atoms with Crippen molar-refractivity contribution in [2.75, 3.05) is 13.7 Å². The minimum atomic E-state index is -0.456. The number of amides is 2. The van der Waals surface area contributed by atoms with Gasteiger partial charge in [0.2, 0.25) is 0 Å². The molecule has 0 aliphatic carbocycles. The number of hydrazone groups is 1. The summed E-state index contributed by atoms with van der Waals surface area (Å²) in [6, 6.07) is 11.7. The smallest absolute Gasteiger partial charge is 0.259 e. The standard InChI is InChI=1S/C18H19N3O4/c1-12-4-3-5-14(8-12)18(24)19-11-17(23)21-20-10-13-6-7-15(22)16(9-13)25-2/h3-10,22H,11H2,1-2H3,(H,19,24)(H,21,23). The van der Waals surface area contributed by atoms with Crippen LogP contribution in [0.2, 0.25) is 0 Å². The van der Waals surface area contributed by atoms with Crippen LogP contribution in [0.1, 0.15) is 21.5 Å². The molecule has 0 bridgehead atoms. The molecule has 2 aromatic carbocycles. The van der Waals surface area contributed by atoms with Crippen LogP contribution in [0.25, 0.3) is 0 Å². The number of nitrogens with zero attached hydrogens (tertiary/aromatic N) is 1. The summed E-state index contributed by atoms with van der Waals surface area (Å²) in [5.74, 6) is -0.461. The van der Waals surface area contributed by atoms with Gasteiger partial charge in [-0.05, 0) is 42.8 Å². The fraction of sp³-hybridized carbons (Fsp3) is 0.167. The van der Waals surface area contributed by atoms with Gasteiger partial charge in [-0.2, -0.15) is 5.10 Å². The molecule has 0 aliphatic heterocycles. The van der Waals surface area contributed by atoms with Crippen molar-refractivity contribution in [3.8, 4) is 11.5 Å². The molecule has 0 fully saturated rings. The quantitative estimate of drug-likeness (QED) is 0.549. The van der Waals surface area contributed by atoms with E-state index in [1.165, 1.54) is 19.4 Å². The number of hydrogen-bond donors (Lipinski definition) is 3. The highest BCUT2D eigenvalue weighted by molar-refractivity contribution is 5.96. The van der Waals surface area contributed by atoms with Crippen LogP contribution >= 0.6 is 0 Å². The molecular weight excluding hydrogens is 322 g/mol. The topological polar surface area (TPSA) is 100 Å². The fourth-order valence-corrected chi connectivity index (χ4v) is 2.04. The van der Waals surface area contributed by atoms with Crippen molar-refractivity contribution in [1.82, 2.24) is 10.7 Å². The van der Waals surface area contributed by atoms with Gasteiger partial charge in [0.1, 0.15) is 0 Å². The first-order valence-electron chi connectivity index (χ1n) is 7.53. The van der Waals surface area contributed by atoms with Gasteiger partial charge in [0.15, 0.2) is 11.5 Å². The number of phenols is 1. The number of aromatic hydroxyl groups is 1. The molecule has 0 saturated carbocycles. The van der Waals surface area contributed by atoms with Gasteiger partial charge in [0.25, 0.3) is 11.8 Å². The van der Waals surface area contributed by atoms with Gasteiger partial charge in [-0.1, -0.05) is 17.7 Å². The summed E-state index contributed by atoms with van der Waals surface area (Å²) in [7, 11) is 1.44. The second kappa shape index (κ2) is 8.49. The summed E-state index contributed by atoms with van der Waals surface area (Å²) in [4.78, 5) is 23.6. The van der Waals surface area contributed by atoms with E-state index in [4.69, 9.17) is 4.74 Å². The highest BCUT2D eigenvalue weighted by atomic mass is 16.5. The maximum Gasteiger partial charge on any atom is 0.259 e. The number of carbonyl (C=O) groups excluding carboxylic acids is 2. The molecule has 2 amide bonds. The van der Waals surface area contributed by atoms with E-state index < -0.39 is 5.91 Å². The second-order valence-electron chi connectivity index (χ2n) is 5.28. The van der Waals surface area contributed by atoms with Crippen molar-refractivity contribution < 1.29 is 19.4 Å². The van der Waals surface area contributed by atoms with Gasteiger partial charge in [-0.25, -0.2) is 5.43 Å². The summed E-state index contributed by atoms with van der Waals surface area (Å²) < 4.78 is 4.98. The average molecular weight is 341 g/mol. The molecule has 25 heavy (non-hydrogen) atoms. The third kappa shape index (κ3) is 5.35. The van der Waals surface area contributed by atoms with Gasteiger partial charge >= 0.3 is 0 Å². The SMILES string of the molecule is COc1cc(C=NNC(=O)CNC(=O)c2cccc(C)c2)ccc1O. The first-order valence-corrected chi connectivity index (χ1v) is 7.53. The highest BCUT2D eigenvalue weighted by Crippen LogP contribution is 2.25. The predicted octanol–water partition coefficient (Wildman–Crippen LogP) is 1.59. The van der Waals surface area contributed by atoms with Crippen LogP contribution < -0.4 is 15.5 Å². The number of carbonyl (C=O) groups is 2. The number of rotatable bonds is 6. The van der Waals surface area contributed by atoms with Crippen LogP contribution in [0.5, 0.6) is 11.5 Å². The third-order valence-corrected chi connectivity index (χ3v) is 3.30. The Morgan fingerprint density at radius 2 is 2.04 bits per heavy atom. The van der Waals surface area contributed by atoms with E-state index in [0.717, 1.165) is 5.56 Å². The van der Waals surface area contributed by atoms with Crippen molar-refractivity contribution in [3.05, 3.63) is 59.2 Å². The number of hydrogen-bond acceptors (Lipinski definition) is 5. The van der Waals surface area contributed by atoms with E-state index in [1.54, 1.807) is 30.3 Å². The van der Waals surface area contributed by atoms with Gasteiger partial charge < -0.3 is 15.2 Å². The molecule has 0 spiro atoms. The van der Waals surface area contributed by atoms with Crippen molar-refractivity contribution in [2.24, 2.45) is 5.10 Å². The zero-order valence-corrected chi connectivity index (χ0v) is 13.9. The number of aryl methyl sites for hydroxylation is 1. The van der Waals surface area contributed by atoms with Gasteiger partial charge in [0.05, 0.1) is 19.9 Å². The summed E-state index contributed by atoms with van der Waals surface area (Å²) in [5.41, 5.74) is 4.41. The number of ether oxygens (including phenoxy) is 1. The molecular formula is C18H19N3O4. The van der Waals surface area contributed by atoms with E-state index in [-0.39, 0.29) is 18.2 Å². The van der Waals surface area contributed by atoms with Gasteiger partial charge in [-0.3, -0.25) is 9.59 Å². The fourth-order valence-electron chi connectivity index (χ4n) is 2.04. The summed E-state index contributed by atoms with van der Waals surface area (Å²) in [6.07, 6.45) is 1.40. The maximum atomic E-state index is 11.9. The Hall–Kier alpha value is -3.35. The summed E-state index contributed by atoms with van der Waals surface area (Å²) in [6.45, 7) is 1.69. The molecule has 3 N–H and O–H groups in total. The molecule has 0 radical (unpaired) electrons. The van der Waals surface area contributed by atoms with E-state index >= 15 is 0 Å². The monoisotopic (exact) mass is 341 g/mol. The lowest BCUT2D eigenvalue weighted by molar-refractivity contribution is -0.120. The molecule has 0 aromatic heterocycles. The molecule has 7 nitrogen and oxygen atoms in total. The molecule has 0 aliphatic rings. The minimum Gasteiger partial charge on any atom is -0.504 e. The Morgan fingerprint density at radius 3 is 2.76 bits per heavy atom. The average Bonchev–Trinajstić information content (AvgIpc) is 2.61. The lowest BCUT2D eigenvalue weighted by Crippen LogP contribution is -2.34. The molecule has 2 aromatic rings. The normalized spacial score (nSPS) is 10.5. The number of nitrogens with one attached hydrogen (secondary N) is 2. The van der Waals surface area contributed by atoms with Crippen LogP contribution in [-0.2, 0) is 4.79 Å². The van der Waals surface area contributed by atoms with Crippen LogP contribution in [0, 0.1) is 6.92 Å². The first kappa shape index (κ1) is 18.0. The van der Waals surface area contributed by atoms with E-state index in [1.807, 2.05) is 13.0 Å². The molecule has 2 rings (SSSR count). The lowest BCUT2D eigenvalue weighted by Gasteiger charge is -2.05. The van der Waals surface area contributed by atoms with E-state index in [9.17, 15) is 14.7 Å². The Bertz CT molecular complexity index is 803. The first-order chi connectivity index (χ1) is 12.0. The molecule has 7 heteroatoms. The van der Waals surface area contributed by atoms with Gasteiger partial charge in [0, 0.05) is 5.56 Å². The Balaban J connectivity index is 1.83. The van der Waals surface area contributed by atoms with E-state index in [2.05, 4.69) is 15.8 Å². The van der Waals surface area contributed by atoms with Crippen LogP contribution in [-0.4, -0.2) is 36.8 Å². The van der Waals surface area contributed by atoms with Crippen molar-refractivity contribution in [3.63, 3.8) is 0 Å². The Morgan fingerprint density at radius 1 is 1.24 bits per heavy atom. The zero-order chi connectivity index (χ0) is 18.2. The van der Waals surface area contributed by atoms with Crippen LogP contribution in [0.3, 0.4) is 0 Å². The Labute approximate surface area is 145 Å². The second-order valence-corrected chi connectivity index (χ2v) is 5.28. The molecule has 0 unspecified atom stereocenters. The zero-order valence-electron chi connectivity index (χ0n) is 13.9. The van der Waals surface area contributed by atoms with Crippen LogP contribution in [0.15, 0.2) is 47.6 Å². The summed E-state index contributed by atoms with van der Waals surface area (Å²) >= 11 is 0. The highest BCUT2D eigenvalue weighted by Gasteiger charge is 2.07. The largest absolute Gasteiger partial charge is 0.504 e. The van der Waals surface area contributed by atoms with Crippen molar-refractivity contribution >= 4 is 18.0 Å². The van der Waals surface area contributed by atoms with E-state index in [0.29, 0.717) is 16.9 Å². The molecule has 0 saturated heterocycles. The molecule has 0 heterocycles. The molecule has 130 valence electrons. The maximum absolute atomic E-state index is 11.9. The lowest BCUT2D eigenvalue weighted by atomic mass is 10.1. The van der Waals surface area contributed by atoms with Crippen LogP contribution in [0.4, 0.5) is 0 Å². The van der Waals surface area contributed by atoms with Crippen molar-refractivity contribution in [2.45, 2.75) is 6.92 Å². The summed E-state index contributed by atoms with van der Waals surface area (Å²) in [5, 5.41) is 15.8. The third-order valence-electron chi connectivity index (χ3n) is 3.30.